The second-order valence-electron chi connectivity index (χ2n) is 9.75. The Bertz CT molecular complexity index is 1260. The SMILES string of the molecule is CC(C)Cc1oc(CNC(=O)CN2CCN(Cc3nc4ccccc4s3)CC2)nc1-c1ccccc1. The van der Waals surface area contributed by atoms with Crippen LogP contribution in [-0.2, 0) is 24.3 Å². The molecule has 7 nitrogen and oxygen atoms in total. The number of fused-ring (bicyclic) bond motifs is 1. The maximum Gasteiger partial charge on any atom is 0.234 e. The van der Waals surface area contributed by atoms with Crippen LogP contribution in [0.1, 0.15) is 30.5 Å². The number of para-hydroxylation sites is 1. The van der Waals surface area contributed by atoms with Crippen LogP contribution in [-0.4, -0.2) is 58.4 Å². The van der Waals surface area contributed by atoms with Gasteiger partial charge in [-0.2, -0.15) is 0 Å². The highest BCUT2D eigenvalue weighted by Crippen LogP contribution is 2.26. The van der Waals surface area contributed by atoms with Crippen molar-refractivity contribution in [2.75, 3.05) is 32.7 Å². The van der Waals surface area contributed by atoms with Crippen molar-refractivity contribution in [1.29, 1.82) is 0 Å². The molecule has 0 spiro atoms. The predicted molar refractivity (Wildman–Crippen MR) is 144 cm³/mol. The van der Waals surface area contributed by atoms with Gasteiger partial charge in [0.2, 0.25) is 11.8 Å². The van der Waals surface area contributed by atoms with Gasteiger partial charge in [0, 0.05) is 38.2 Å². The number of nitrogens with one attached hydrogen (secondary N) is 1. The van der Waals surface area contributed by atoms with Gasteiger partial charge in [-0.05, 0) is 18.1 Å². The van der Waals surface area contributed by atoms with E-state index in [2.05, 4.69) is 47.2 Å². The Morgan fingerprint density at radius 2 is 1.72 bits per heavy atom. The first-order chi connectivity index (χ1) is 17.5. The number of benzene rings is 2. The summed E-state index contributed by atoms with van der Waals surface area (Å²) in [6.07, 6.45) is 0.812. The van der Waals surface area contributed by atoms with Crippen LogP contribution in [0.2, 0.25) is 0 Å². The van der Waals surface area contributed by atoms with Crippen LogP contribution in [0, 0.1) is 5.92 Å². The van der Waals surface area contributed by atoms with Gasteiger partial charge in [0.15, 0.2) is 0 Å². The molecule has 0 saturated carbocycles. The highest BCUT2D eigenvalue weighted by molar-refractivity contribution is 7.18. The second-order valence-corrected chi connectivity index (χ2v) is 10.9. The van der Waals surface area contributed by atoms with Gasteiger partial charge < -0.3 is 9.73 Å². The largest absolute Gasteiger partial charge is 0.443 e. The smallest absolute Gasteiger partial charge is 0.234 e. The van der Waals surface area contributed by atoms with Crippen LogP contribution in [0.5, 0.6) is 0 Å². The third-order valence-corrected chi connectivity index (χ3v) is 7.37. The average molecular weight is 504 g/mol. The van der Waals surface area contributed by atoms with Crippen LogP contribution < -0.4 is 5.32 Å². The standard InChI is InChI=1S/C28H33N5O2S/c1-20(2)16-23-28(21-8-4-3-5-9-21)31-26(35-23)17-29-25(34)18-32-12-14-33(15-13-32)19-27-30-22-10-6-7-11-24(22)36-27/h3-11,20H,12-19H2,1-2H3,(H,29,34). The van der Waals surface area contributed by atoms with Gasteiger partial charge >= 0.3 is 0 Å². The molecule has 1 saturated heterocycles. The number of carbonyl (C=O) groups is 1. The summed E-state index contributed by atoms with van der Waals surface area (Å²) >= 11 is 1.77. The lowest BCUT2D eigenvalue weighted by molar-refractivity contribution is -0.123. The molecule has 0 bridgehead atoms. The Hall–Kier alpha value is -3.07. The number of hydrogen-bond donors (Lipinski definition) is 1. The highest BCUT2D eigenvalue weighted by Gasteiger charge is 2.21. The van der Waals surface area contributed by atoms with Crippen LogP contribution in [0.4, 0.5) is 0 Å². The summed E-state index contributed by atoms with van der Waals surface area (Å²) in [6, 6.07) is 18.4. The Morgan fingerprint density at radius 3 is 2.47 bits per heavy atom. The van der Waals surface area contributed by atoms with Crippen LogP contribution in [0.25, 0.3) is 21.5 Å². The fourth-order valence-corrected chi connectivity index (χ4v) is 5.53. The molecule has 1 N–H and O–H groups in total. The molecule has 4 aromatic rings. The fourth-order valence-electron chi connectivity index (χ4n) is 4.52. The van der Waals surface area contributed by atoms with E-state index < -0.39 is 0 Å². The van der Waals surface area contributed by atoms with Crippen molar-refractivity contribution in [3.63, 3.8) is 0 Å². The van der Waals surface area contributed by atoms with Crippen molar-refractivity contribution in [2.45, 2.75) is 33.4 Å². The first-order valence-corrected chi connectivity index (χ1v) is 13.4. The zero-order valence-corrected chi connectivity index (χ0v) is 21.8. The number of oxazole rings is 1. The molecule has 1 amide bonds. The van der Waals surface area contributed by atoms with E-state index in [1.165, 1.54) is 4.70 Å². The summed E-state index contributed by atoms with van der Waals surface area (Å²) in [4.78, 5) is 26.7. The number of thiazole rings is 1. The van der Waals surface area contributed by atoms with E-state index in [0.29, 0.717) is 24.9 Å². The fraction of sp³-hybridized carbons (Fsp3) is 0.393. The molecule has 0 unspecified atom stereocenters. The summed E-state index contributed by atoms with van der Waals surface area (Å²) in [5, 5.41) is 4.15. The van der Waals surface area contributed by atoms with Gasteiger partial charge in [0.05, 0.1) is 29.9 Å². The van der Waals surface area contributed by atoms with Crippen molar-refractivity contribution in [3.05, 3.63) is 71.3 Å². The summed E-state index contributed by atoms with van der Waals surface area (Å²) < 4.78 is 7.30. The number of carbonyl (C=O) groups excluding carboxylic acids is 1. The highest BCUT2D eigenvalue weighted by atomic mass is 32.1. The Labute approximate surface area is 216 Å². The third-order valence-electron chi connectivity index (χ3n) is 6.35. The molecule has 1 aliphatic rings. The molecular formula is C28H33N5O2S. The van der Waals surface area contributed by atoms with Gasteiger partial charge in [0.25, 0.3) is 0 Å². The minimum absolute atomic E-state index is 0.000469. The Balaban J connectivity index is 1.10. The molecule has 2 aromatic heterocycles. The summed E-state index contributed by atoms with van der Waals surface area (Å²) in [7, 11) is 0. The Kier molecular flexibility index (Phi) is 7.75. The summed E-state index contributed by atoms with van der Waals surface area (Å²) in [5.41, 5.74) is 2.99. The summed E-state index contributed by atoms with van der Waals surface area (Å²) in [5.74, 6) is 1.89. The minimum Gasteiger partial charge on any atom is -0.443 e. The normalized spacial score (nSPS) is 15.1. The zero-order chi connectivity index (χ0) is 24.9. The van der Waals surface area contributed by atoms with E-state index in [4.69, 9.17) is 14.4 Å². The first-order valence-electron chi connectivity index (χ1n) is 12.6. The van der Waals surface area contributed by atoms with E-state index in [1.54, 1.807) is 11.3 Å². The van der Waals surface area contributed by atoms with Crippen LogP contribution >= 0.6 is 11.3 Å². The zero-order valence-electron chi connectivity index (χ0n) is 20.9. The van der Waals surface area contributed by atoms with E-state index in [9.17, 15) is 4.79 Å². The molecule has 2 aromatic carbocycles. The Morgan fingerprint density at radius 1 is 1.00 bits per heavy atom. The average Bonchev–Trinajstić information content (AvgIpc) is 3.47. The molecule has 8 heteroatoms. The quantitative estimate of drug-likeness (QED) is 0.360. The summed E-state index contributed by atoms with van der Waals surface area (Å²) in [6.45, 7) is 9.49. The molecule has 36 heavy (non-hydrogen) atoms. The molecule has 0 atom stereocenters. The molecule has 188 valence electrons. The van der Waals surface area contributed by atoms with Gasteiger partial charge in [-0.1, -0.05) is 56.3 Å². The lowest BCUT2D eigenvalue weighted by Gasteiger charge is -2.33. The van der Waals surface area contributed by atoms with E-state index in [-0.39, 0.29) is 5.91 Å². The number of piperazine rings is 1. The lowest BCUT2D eigenvalue weighted by atomic mass is 10.0. The number of nitrogens with zero attached hydrogens (tertiary/aromatic N) is 4. The monoisotopic (exact) mass is 503 g/mol. The van der Waals surface area contributed by atoms with Crippen LogP contribution in [0.3, 0.4) is 0 Å². The van der Waals surface area contributed by atoms with E-state index in [1.807, 2.05) is 36.4 Å². The molecule has 1 aliphatic heterocycles. The van der Waals surface area contributed by atoms with E-state index >= 15 is 0 Å². The van der Waals surface area contributed by atoms with Crippen molar-refractivity contribution in [3.8, 4) is 11.3 Å². The van der Waals surface area contributed by atoms with Crippen molar-refractivity contribution in [1.82, 2.24) is 25.1 Å². The molecular weight excluding hydrogens is 470 g/mol. The first kappa shape index (κ1) is 24.6. The number of hydrogen-bond acceptors (Lipinski definition) is 7. The molecule has 0 radical (unpaired) electrons. The minimum atomic E-state index is -0.000469. The van der Waals surface area contributed by atoms with Crippen molar-refractivity contribution < 1.29 is 9.21 Å². The second kappa shape index (κ2) is 11.3. The van der Waals surface area contributed by atoms with Crippen LogP contribution in [0.15, 0.2) is 59.0 Å². The molecule has 0 aliphatic carbocycles. The maximum atomic E-state index is 12.7. The predicted octanol–water partition coefficient (Wildman–Crippen LogP) is 4.58. The molecule has 3 heterocycles. The van der Waals surface area contributed by atoms with E-state index in [0.717, 1.165) is 66.7 Å². The maximum absolute atomic E-state index is 12.7. The van der Waals surface area contributed by atoms with Gasteiger partial charge in [0.1, 0.15) is 16.5 Å². The van der Waals surface area contributed by atoms with Crippen molar-refractivity contribution in [2.24, 2.45) is 5.92 Å². The van der Waals surface area contributed by atoms with Crippen molar-refractivity contribution >= 4 is 27.5 Å². The third kappa shape index (κ3) is 6.19. The van der Waals surface area contributed by atoms with Gasteiger partial charge in [-0.3, -0.25) is 14.6 Å². The topological polar surface area (TPSA) is 74.5 Å². The molecule has 5 rings (SSSR count). The van der Waals surface area contributed by atoms with Gasteiger partial charge in [-0.15, -0.1) is 11.3 Å². The number of amides is 1. The number of aromatic nitrogens is 2. The van der Waals surface area contributed by atoms with Gasteiger partial charge in [-0.25, -0.2) is 9.97 Å². The number of rotatable bonds is 9. The lowest BCUT2D eigenvalue weighted by Crippen LogP contribution is -2.49. The molecule has 1 fully saturated rings.